The summed E-state index contributed by atoms with van der Waals surface area (Å²) in [6.45, 7) is 4.44. The van der Waals surface area contributed by atoms with E-state index < -0.39 is 0 Å². The van der Waals surface area contributed by atoms with E-state index in [-0.39, 0.29) is 12.1 Å². The van der Waals surface area contributed by atoms with Gasteiger partial charge in [-0.05, 0) is 38.0 Å². The van der Waals surface area contributed by atoms with Crippen molar-refractivity contribution in [3.63, 3.8) is 0 Å². The molecule has 2 N–H and O–H groups in total. The third-order valence-corrected chi connectivity index (χ3v) is 2.66. The number of hydrogen-bond acceptors (Lipinski definition) is 4. The molecule has 0 heterocycles. The number of hydrogen-bond donors (Lipinski definition) is 1. The zero-order valence-corrected chi connectivity index (χ0v) is 11.6. The lowest BCUT2D eigenvalue weighted by atomic mass is 10.1. The average Bonchev–Trinajstić information content (AvgIpc) is 2.35. The quantitative estimate of drug-likeness (QED) is 0.807. The highest BCUT2D eigenvalue weighted by Gasteiger charge is 2.08. The fourth-order valence-electron chi connectivity index (χ4n) is 1.61. The monoisotopic (exact) mass is 253 g/mol. The van der Waals surface area contributed by atoms with Crippen molar-refractivity contribution in [2.75, 3.05) is 20.8 Å². The van der Waals surface area contributed by atoms with Crippen LogP contribution in [-0.4, -0.2) is 33.0 Å². The van der Waals surface area contributed by atoms with Gasteiger partial charge in [0, 0.05) is 13.2 Å². The third kappa shape index (κ3) is 4.55. The smallest absolute Gasteiger partial charge is 0.161 e. The summed E-state index contributed by atoms with van der Waals surface area (Å²) in [5, 5.41) is 0. The Hall–Kier alpha value is -1.26. The predicted molar refractivity (Wildman–Crippen MR) is 72.3 cm³/mol. The molecule has 0 aromatic heterocycles. The number of ether oxygens (including phenoxy) is 3. The number of methoxy groups -OCH3 is 2. The lowest BCUT2D eigenvalue weighted by Crippen LogP contribution is -2.18. The van der Waals surface area contributed by atoms with Gasteiger partial charge in [-0.3, -0.25) is 0 Å². The topological polar surface area (TPSA) is 53.7 Å². The van der Waals surface area contributed by atoms with E-state index in [9.17, 15) is 0 Å². The Morgan fingerprint density at radius 3 is 2.44 bits per heavy atom. The minimum absolute atomic E-state index is 0.0541. The molecule has 0 aliphatic rings. The molecular weight excluding hydrogens is 230 g/mol. The highest BCUT2D eigenvalue weighted by molar-refractivity contribution is 5.43. The molecule has 1 rings (SSSR count). The van der Waals surface area contributed by atoms with E-state index >= 15 is 0 Å². The second-order valence-corrected chi connectivity index (χ2v) is 4.52. The van der Waals surface area contributed by atoms with E-state index in [4.69, 9.17) is 19.9 Å². The maximum absolute atomic E-state index is 5.78. The number of nitrogens with two attached hydrogens (primary N) is 1. The molecule has 1 aromatic carbocycles. The normalized spacial score (nSPS) is 14.1. The van der Waals surface area contributed by atoms with Crippen molar-refractivity contribution in [1.29, 1.82) is 0 Å². The molecular formula is C14H23NO3. The highest BCUT2D eigenvalue weighted by Crippen LogP contribution is 2.28. The molecule has 1 aromatic rings. The summed E-state index contributed by atoms with van der Waals surface area (Å²) in [7, 11) is 3.30. The van der Waals surface area contributed by atoms with Crippen molar-refractivity contribution in [2.45, 2.75) is 32.4 Å². The fourth-order valence-corrected chi connectivity index (χ4v) is 1.61. The van der Waals surface area contributed by atoms with Crippen molar-refractivity contribution in [2.24, 2.45) is 5.73 Å². The van der Waals surface area contributed by atoms with E-state index in [2.05, 4.69) is 0 Å². The van der Waals surface area contributed by atoms with Crippen molar-refractivity contribution in [1.82, 2.24) is 0 Å². The molecule has 0 aliphatic carbocycles. The van der Waals surface area contributed by atoms with E-state index in [0.717, 1.165) is 23.5 Å². The summed E-state index contributed by atoms with van der Waals surface area (Å²) < 4.78 is 16.1. The molecule has 18 heavy (non-hydrogen) atoms. The van der Waals surface area contributed by atoms with Crippen LogP contribution in [-0.2, 0) is 11.2 Å². The predicted octanol–water partition coefficient (Wildman–Crippen LogP) is 2.00. The Kier molecular flexibility index (Phi) is 5.95. The van der Waals surface area contributed by atoms with Crippen LogP contribution in [0.25, 0.3) is 0 Å². The van der Waals surface area contributed by atoms with Crippen LogP contribution < -0.4 is 15.2 Å². The molecule has 4 heteroatoms. The summed E-state index contributed by atoms with van der Waals surface area (Å²) >= 11 is 0. The van der Waals surface area contributed by atoms with Crippen LogP contribution in [0.2, 0.25) is 0 Å². The SMILES string of the molecule is COc1cc(CC(C)N)ccc1OCC(C)OC. The van der Waals surface area contributed by atoms with Crippen LogP contribution in [0.1, 0.15) is 19.4 Å². The summed E-state index contributed by atoms with van der Waals surface area (Å²) in [5.74, 6) is 1.46. The van der Waals surface area contributed by atoms with E-state index in [0.29, 0.717) is 6.61 Å². The van der Waals surface area contributed by atoms with Crippen LogP contribution in [0.4, 0.5) is 0 Å². The maximum Gasteiger partial charge on any atom is 0.161 e. The van der Waals surface area contributed by atoms with Crippen molar-refractivity contribution < 1.29 is 14.2 Å². The molecule has 0 aliphatic heterocycles. The van der Waals surface area contributed by atoms with Gasteiger partial charge in [-0.1, -0.05) is 6.07 Å². The fraction of sp³-hybridized carbons (Fsp3) is 0.571. The van der Waals surface area contributed by atoms with E-state index in [1.165, 1.54) is 0 Å². The molecule has 0 saturated carbocycles. The van der Waals surface area contributed by atoms with Crippen molar-refractivity contribution >= 4 is 0 Å². The largest absolute Gasteiger partial charge is 0.493 e. The molecule has 0 fully saturated rings. The first kappa shape index (κ1) is 14.8. The van der Waals surface area contributed by atoms with Crippen molar-refractivity contribution in [3.8, 4) is 11.5 Å². The summed E-state index contributed by atoms with van der Waals surface area (Å²) in [4.78, 5) is 0. The van der Waals surface area contributed by atoms with Crippen LogP contribution in [0.15, 0.2) is 18.2 Å². The van der Waals surface area contributed by atoms with Gasteiger partial charge in [-0.2, -0.15) is 0 Å². The van der Waals surface area contributed by atoms with Gasteiger partial charge >= 0.3 is 0 Å². The summed E-state index contributed by atoms with van der Waals surface area (Å²) in [5.41, 5.74) is 6.93. The molecule has 0 radical (unpaired) electrons. The number of rotatable bonds is 7. The Balaban J connectivity index is 2.73. The van der Waals surface area contributed by atoms with Gasteiger partial charge in [0.2, 0.25) is 0 Å². The van der Waals surface area contributed by atoms with Crippen LogP contribution >= 0.6 is 0 Å². The van der Waals surface area contributed by atoms with Gasteiger partial charge in [-0.15, -0.1) is 0 Å². The van der Waals surface area contributed by atoms with Gasteiger partial charge in [0.05, 0.1) is 13.2 Å². The number of benzene rings is 1. The first-order chi connectivity index (χ1) is 8.56. The second-order valence-electron chi connectivity index (χ2n) is 4.52. The molecule has 102 valence electrons. The Morgan fingerprint density at radius 1 is 1.17 bits per heavy atom. The molecule has 2 atom stereocenters. The maximum atomic E-state index is 5.78. The lowest BCUT2D eigenvalue weighted by molar-refractivity contribution is 0.0706. The van der Waals surface area contributed by atoms with Gasteiger partial charge in [0.15, 0.2) is 11.5 Å². The van der Waals surface area contributed by atoms with Crippen LogP contribution in [0.5, 0.6) is 11.5 Å². The van der Waals surface area contributed by atoms with Gasteiger partial charge in [-0.25, -0.2) is 0 Å². The summed E-state index contributed by atoms with van der Waals surface area (Å²) in [6.07, 6.45) is 0.879. The van der Waals surface area contributed by atoms with Gasteiger partial charge in [0.1, 0.15) is 6.61 Å². The van der Waals surface area contributed by atoms with Crippen molar-refractivity contribution in [3.05, 3.63) is 23.8 Å². The van der Waals surface area contributed by atoms with Crippen LogP contribution in [0.3, 0.4) is 0 Å². The molecule has 0 amide bonds. The zero-order valence-electron chi connectivity index (χ0n) is 11.6. The first-order valence-electron chi connectivity index (χ1n) is 6.15. The minimum Gasteiger partial charge on any atom is -0.493 e. The molecule has 2 unspecified atom stereocenters. The lowest BCUT2D eigenvalue weighted by Gasteiger charge is -2.15. The first-order valence-corrected chi connectivity index (χ1v) is 6.15. The minimum atomic E-state index is 0.0541. The molecule has 4 nitrogen and oxygen atoms in total. The van der Waals surface area contributed by atoms with Gasteiger partial charge < -0.3 is 19.9 Å². The van der Waals surface area contributed by atoms with E-state index in [1.807, 2.05) is 32.0 Å². The standard InChI is InChI=1S/C14H23NO3/c1-10(15)7-12-5-6-13(14(8-12)17-4)18-9-11(2)16-3/h5-6,8,10-11H,7,9,15H2,1-4H3. The Labute approximate surface area is 109 Å². The van der Waals surface area contributed by atoms with E-state index in [1.54, 1.807) is 14.2 Å². The second kappa shape index (κ2) is 7.24. The molecule has 0 bridgehead atoms. The summed E-state index contributed by atoms with van der Waals surface area (Å²) in [6, 6.07) is 6.03. The molecule has 0 spiro atoms. The average molecular weight is 253 g/mol. The Morgan fingerprint density at radius 2 is 1.89 bits per heavy atom. The third-order valence-electron chi connectivity index (χ3n) is 2.66. The highest BCUT2D eigenvalue weighted by atomic mass is 16.5. The zero-order chi connectivity index (χ0) is 13.5. The van der Waals surface area contributed by atoms with Crippen LogP contribution in [0, 0.1) is 0 Å². The van der Waals surface area contributed by atoms with Gasteiger partial charge in [0.25, 0.3) is 0 Å². The molecule has 0 saturated heterocycles. The Bertz CT molecular complexity index is 366.